The first-order chi connectivity index (χ1) is 11.3. The highest BCUT2D eigenvalue weighted by molar-refractivity contribution is 5.62. The fourth-order valence-corrected chi connectivity index (χ4v) is 3.39. The van der Waals surface area contributed by atoms with Crippen LogP contribution in [0, 0.1) is 6.92 Å². The van der Waals surface area contributed by atoms with Crippen molar-refractivity contribution >= 4 is 6.08 Å². The van der Waals surface area contributed by atoms with Crippen molar-refractivity contribution in [2.24, 2.45) is 0 Å². The largest absolute Gasteiger partial charge is 0.489 e. The van der Waals surface area contributed by atoms with Crippen molar-refractivity contribution in [3.63, 3.8) is 0 Å². The van der Waals surface area contributed by atoms with Crippen molar-refractivity contribution in [3.8, 4) is 5.75 Å². The highest BCUT2D eigenvalue weighted by Gasteiger charge is 2.26. The lowest BCUT2D eigenvalue weighted by Gasteiger charge is -2.22. The van der Waals surface area contributed by atoms with Gasteiger partial charge < -0.3 is 4.74 Å². The van der Waals surface area contributed by atoms with Gasteiger partial charge in [0.2, 0.25) is 0 Å². The molecule has 0 radical (unpaired) electrons. The molecule has 0 saturated carbocycles. The second kappa shape index (κ2) is 6.13. The lowest BCUT2D eigenvalue weighted by atomic mass is 10.1. The predicted octanol–water partition coefficient (Wildman–Crippen LogP) is 3.05. The summed E-state index contributed by atoms with van der Waals surface area (Å²) in [4.78, 5) is 11.5. The van der Waals surface area contributed by atoms with Crippen LogP contribution in [0.1, 0.15) is 29.4 Å². The maximum atomic E-state index is 5.85. The molecule has 1 atom stereocenters. The molecule has 3 heterocycles. The average molecular weight is 307 g/mol. The van der Waals surface area contributed by atoms with Crippen molar-refractivity contribution in [1.29, 1.82) is 0 Å². The maximum absolute atomic E-state index is 5.85. The van der Waals surface area contributed by atoms with Crippen LogP contribution in [-0.4, -0.2) is 41.1 Å². The number of aromatic nitrogens is 2. The van der Waals surface area contributed by atoms with E-state index in [0.29, 0.717) is 12.5 Å². The summed E-state index contributed by atoms with van der Waals surface area (Å²) in [7, 11) is 0. The number of aryl methyl sites for hydroxylation is 1. The number of likely N-dealkylation sites (tertiary alicyclic amines) is 1. The number of ether oxygens (including phenoxy) is 1. The van der Waals surface area contributed by atoms with Crippen LogP contribution in [0.5, 0.6) is 5.75 Å². The Kier molecular flexibility index (Phi) is 3.83. The third-order valence-electron chi connectivity index (χ3n) is 4.57. The quantitative estimate of drug-likeness (QED) is 0.873. The van der Waals surface area contributed by atoms with E-state index < -0.39 is 0 Å². The number of benzene rings is 1. The van der Waals surface area contributed by atoms with E-state index in [0.717, 1.165) is 43.3 Å². The van der Waals surface area contributed by atoms with Crippen LogP contribution in [0.15, 0.2) is 42.1 Å². The van der Waals surface area contributed by atoms with Gasteiger partial charge in [-0.1, -0.05) is 18.2 Å². The summed E-state index contributed by atoms with van der Waals surface area (Å²) < 4.78 is 5.85. The first kappa shape index (κ1) is 14.4. The first-order valence-electron chi connectivity index (χ1n) is 8.21. The number of fused-ring (bicyclic) bond motifs is 1. The van der Waals surface area contributed by atoms with Crippen LogP contribution in [0.25, 0.3) is 6.08 Å². The topological polar surface area (TPSA) is 38.2 Å². The van der Waals surface area contributed by atoms with Gasteiger partial charge in [0, 0.05) is 36.5 Å². The van der Waals surface area contributed by atoms with Crippen LogP contribution in [0.3, 0.4) is 0 Å². The molecule has 2 aliphatic heterocycles. The molecule has 2 aromatic rings. The lowest BCUT2D eigenvalue weighted by Crippen LogP contribution is -2.26. The van der Waals surface area contributed by atoms with E-state index >= 15 is 0 Å². The van der Waals surface area contributed by atoms with Crippen LogP contribution in [-0.2, 0) is 0 Å². The van der Waals surface area contributed by atoms with Gasteiger partial charge in [0.25, 0.3) is 0 Å². The van der Waals surface area contributed by atoms with E-state index in [1.807, 2.05) is 31.3 Å². The van der Waals surface area contributed by atoms with Crippen LogP contribution < -0.4 is 4.74 Å². The highest BCUT2D eigenvalue weighted by atomic mass is 16.5. The SMILES string of the molecule is Cc1ccnc([C@@H]2CCN(CC3=Cc4ccccc4OC3)C2)n1. The predicted molar refractivity (Wildman–Crippen MR) is 90.5 cm³/mol. The summed E-state index contributed by atoms with van der Waals surface area (Å²) in [6.07, 6.45) is 5.28. The van der Waals surface area contributed by atoms with Gasteiger partial charge in [-0.3, -0.25) is 4.90 Å². The smallest absolute Gasteiger partial charge is 0.132 e. The summed E-state index contributed by atoms with van der Waals surface area (Å²) in [5, 5.41) is 0. The van der Waals surface area contributed by atoms with Gasteiger partial charge in [-0.25, -0.2) is 9.97 Å². The van der Waals surface area contributed by atoms with Crippen molar-refractivity contribution in [2.75, 3.05) is 26.2 Å². The minimum atomic E-state index is 0.451. The molecule has 0 aliphatic carbocycles. The van der Waals surface area contributed by atoms with Gasteiger partial charge in [0.15, 0.2) is 0 Å². The summed E-state index contributed by atoms with van der Waals surface area (Å²) in [5.41, 5.74) is 3.58. The van der Waals surface area contributed by atoms with Gasteiger partial charge in [0.05, 0.1) is 0 Å². The molecule has 0 spiro atoms. The van der Waals surface area contributed by atoms with Gasteiger partial charge >= 0.3 is 0 Å². The standard InChI is InChI=1S/C19H21N3O/c1-14-6-8-20-19(21-14)17-7-9-22(12-17)11-15-10-16-4-2-3-5-18(16)23-13-15/h2-6,8,10,17H,7,9,11-13H2,1H3/t17-/m1/s1. The zero-order valence-corrected chi connectivity index (χ0v) is 13.4. The summed E-state index contributed by atoms with van der Waals surface area (Å²) in [6.45, 7) is 5.82. The van der Waals surface area contributed by atoms with Crippen molar-refractivity contribution < 1.29 is 4.74 Å². The zero-order chi connectivity index (χ0) is 15.6. The third-order valence-corrected chi connectivity index (χ3v) is 4.57. The molecule has 0 N–H and O–H groups in total. The Hall–Kier alpha value is -2.20. The highest BCUT2D eigenvalue weighted by Crippen LogP contribution is 2.29. The van der Waals surface area contributed by atoms with Crippen LogP contribution in [0.2, 0.25) is 0 Å². The molecule has 1 aromatic carbocycles. The van der Waals surface area contributed by atoms with Crippen molar-refractivity contribution in [2.45, 2.75) is 19.3 Å². The van der Waals surface area contributed by atoms with E-state index in [2.05, 4.69) is 33.1 Å². The molecular weight excluding hydrogens is 286 g/mol. The van der Waals surface area contributed by atoms with E-state index in [9.17, 15) is 0 Å². The molecule has 0 unspecified atom stereocenters. The molecule has 0 bridgehead atoms. The monoisotopic (exact) mass is 307 g/mol. The summed E-state index contributed by atoms with van der Waals surface area (Å²) in [6, 6.07) is 10.2. The molecule has 4 nitrogen and oxygen atoms in total. The molecule has 118 valence electrons. The Labute approximate surface area is 136 Å². The second-order valence-corrected chi connectivity index (χ2v) is 6.41. The Morgan fingerprint density at radius 2 is 2.17 bits per heavy atom. The molecule has 1 saturated heterocycles. The van der Waals surface area contributed by atoms with Gasteiger partial charge in [0.1, 0.15) is 18.2 Å². The molecule has 4 rings (SSSR count). The zero-order valence-electron chi connectivity index (χ0n) is 13.4. The Morgan fingerprint density at radius 1 is 1.26 bits per heavy atom. The van der Waals surface area contributed by atoms with Crippen LogP contribution >= 0.6 is 0 Å². The Morgan fingerprint density at radius 3 is 3.09 bits per heavy atom. The molecule has 23 heavy (non-hydrogen) atoms. The minimum Gasteiger partial charge on any atom is -0.489 e. The van der Waals surface area contributed by atoms with Gasteiger partial charge in [-0.05, 0) is 43.7 Å². The van der Waals surface area contributed by atoms with E-state index in [1.165, 1.54) is 11.1 Å². The van der Waals surface area contributed by atoms with E-state index in [4.69, 9.17) is 4.74 Å². The summed E-state index contributed by atoms with van der Waals surface area (Å²) >= 11 is 0. The normalized spacial score (nSPS) is 20.7. The third kappa shape index (κ3) is 3.13. The number of hydrogen-bond acceptors (Lipinski definition) is 4. The fourth-order valence-electron chi connectivity index (χ4n) is 3.39. The van der Waals surface area contributed by atoms with E-state index in [1.54, 1.807) is 0 Å². The number of rotatable bonds is 3. The number of nitrogens with zero attached hydrogens (tertiary/aromatic N) is 3. The fraction of sp³-hybridized carbons (Fsp3) is 0.368. The van der Waals surface area contributed by atoms with Gasteiger partial charge in [-0.2, -0.15) is 0 Å². The maximum Gasteiger partial charge on any atom is 0.132 e. The Bertz CT molecular complexity index is 741. The molecule has 0 amide bonds. The minimum absolute atomic E-state index is 0.451. The van der Waals surface area contributed by atoms with Gasteiger partial charge in [-0.15, -0.1) is 0 Å². The van der Waals surface area contributed by atoms with Crippen molar-refractivity contribution in [1.82, 2.24) is 14.9 Å². The van der Waals surface area contributed by atoms with Crippen LogP contribution in [0.4, 0.5) is 0 Å². The lowest BCUT2D eigenvalue weighted by molar-refractivity contribution is 0.308. The molecule has 1 fully saturated rings. The first-order valence-corrected chi connectivity index (χ1v) is 8.21. The molecule has 1 aromatic heterocycles. The molecular formula is C19H21N3O. The number of hydrogen-bond donors (Lipinski definition) is 0. The number of para-hydroxylation sites is 1. The summed E-state index contributed by atoms with van der Waals surface area (Å²) in [5.74, 6) is 2.43. The average Bonchev–Trinajstić information content (AvgIpc) is 3.03. The van der Waals surface area contributed by atoms with E-state index in [-0.39, 0.29) is 0 Å². The Balaban J connectivity index is 1.42. The molecule has 2 aliphatic rings. The van der Waals surface area contributed by atoms with Crippen molar-refractivity contribution in [3.05, 3.63) is 59.2 Å². The second-order valence-electron chi connectivity index (χ2n) is 6.41. The molecule has 4 heteroatoms.